The number of piperidine rings is 1. The van der Waals surface area contributed by atoms with Gasteiger partial charge in [-0.3, -0.25) is 4.79 Å². The van der Waals surface area contributed by atoms with Gasteiger partial charge in [-0.2, -0.15) is 5.10 Å². The Bertz CT molecular complexity index is 890. The molecule has 4 rings (SSSR count). The fraction of sp³-hybridized carbons (Fsp3) is 0.333. The number of hydrogen-bond acceptors (Lipinski definition) is 3. The van der Waals surface area contributed by atoms with Crippen molar-refractivity contribution >= 4 is 5.91 Å². The van der Waals surface area contributed by atoms with E-state index in [0.717, 1.165) is 49.4 Å². The zero-order valence-corrected chi connectivity index (χ0v) is 15.6. The summed E-state index contributed by atoms with van der Waals surface area (Å²) in [6.07, 6.45) is 5.79. The maximum atomic E-state index is 12.6. The zero-order valence-electron chi connectivity index (χ0n) is 15.6. The van der Waals surface area contributed by atoms with Crippen LogP contribution in [-0.2, 0) is 0 Å². The van der Waals surface area contributed by atoms with Crippen LogP contribution in [-0.4, -0.2) is 51.2 Å². The molecule has 2 aromatic heterocycles. The van der Waals surface area contributed by atoms with Gasteiger partial charge in [0.15, 0.2) is 0 Å². The number of aromatic nitrogens is 3. The summed E-state index contributed by atoms with van der Waals surface area (Å²) in [5, 5.41) is 7.58. The van der Waals surface area contributed by atoms with Crippen molar-refractivity contribution in [2.75, 3.05) is 19.6 Å². The van der Waals surface area contributed by atoms with E-state index >= 15 is 0 Å². The van der Waals surface area contributed by atoms with Crippen molar-refractivity contribution in [3.8, 4) is 16.9 Å². The monoisotopic (exact) mass is 363 g/mol. The van der Waals surface area contributed by atoms with Gasteiger partial charge in [0.2, 0.25) is 0 Å². The van der Waals surface area contributed by atoms with E-state index in [-0.39, 0.29) is 11.9 Å². The van der Waals surface area contributed by atoms with E-state index in [0.29, 0.717) is 5.69 Å². The molecule has 1 amide bonds. The minimum Gasteiger partial charge on any atom is -0.350 e. The fourth-order valence-electron chi connectivity index (χ4n) is 3.54. The van der Waals surface area contributed by atoms with Crippen LogP contribution < -0.4 is 5.32 Å². The summed E-state index contributed by atoms with van der Waals surface area (Å²) in [4.78, 5) is 18.2. The van der Waals surface area contributed by atoms with E-state index in [2.05, 4.69) is 27.2 Å². The number of para-hydroxylation sites is 1. The number of rotatable bonds is 5. The number of nitrogens with one attached hydrogen (secondary N) is 2. The molecule has 1 fully saturated rings. The summed E-state index contributed by atoms with van der Waals surface area (Å²) in [6, 6.07) is 14.0. The molecule has 3 aromatic rings. The summed E-state index contributed by atoms with van der Waals surface area (Å²) in [7, 11) is 0. The molecule has 0 saturated carbocycles. The maximum absolute atomic E-state index is 12.6. The molecule has 1 aromatic carbocycles. The predicted octanol–water partition coefficient (Wildman–Crippen LogP) is 3.08. The molecule has 6 nitrogen and oxygen atoms in total. The minimum atomic E-state index is -0.0355. The molecule has 0 bridgehead atoms. The van der Waals surface area contributed by atoms with Gasteiger partial charge in [-0.1, -0.05) is 25.1 Å². The van der Waals surface area contributed by atoms with Crippen molar-refractivity contribution in [2.45, 2.75) is 25.8 Å². The lowest BCUT2D eigenvalue weighted by Crippen LogP contribution is -2.44. The first kappa shape index (κ1) is 17.5. The lowest BCUT2D eigenvalue weighted by atomic mass is 10.1. The van der Waals surface area contributed by atoms with Crippen LogP contribution in [0.25, 0.3) is 16.9 Å². The summed E-state index contributed by atoms with van der Waals surface area (Å²) < 4.78 is 1.83. The molecular formula is C21H25N5O. The lowest BCUT2D eigenvalue weighted by Gasteiger charge is -2.31. The molecule has 6 heteroatoms. The second kappa shape index (κ2) is 7.80. The standard InChI is InChI=1S/C21H25N5O/c1-2-25-12-10-17(11-13-25)23-21(27)20-9-8-19(24-20)16-14-22-26(15-16)18-6-4-3-5-7-18/h3-9,14-15,17,24H,2,10-13H2,1H3,(H,23,27). The van der Waals surface area contributed by atoms with Gasteiger partial charge in [-0.05, 0) is 43.7 Å². The highest BCUT2D eigenvalue weighted by molar-refractivity contribution is 5.93. The van der Waals surface area contributed by atoms with Crippen molar-refractivity contribution in [3.05, 3.63) is 60.6 Å². The van der Waals surface area contributed by atoms with Crippen LogP contribution in [0.2, 0.25) is 0 Å². The number of carbonyl (C=O) groups is 1. The fourth-order valence-corrected chi connectivity index (χ4v) is 3.54. The highest BCUT2D eigenvalue weighted by Crippen LogP contribution is 2.20. The van der Waals surface area contributed by atoms with Gasteiger partial charge in [0.1, 0.15) is 5.69 Å². The third kappa shape index (κ3) is 3.95. The topological polar surface area (TPSA) is 66.0 Å². The Kier molecular flexibility index (Phi) is 5.07. The zero-order chi connectivity index (χ0) is 18.6. The molecule has 0 radical (unpaired) electrons. The molecule has 2 N–H and O–H groups in total. The van der Waals surface area contributed by atoms with E-state index < -0.39 is 0 Å². The van der Waals surface area contributed by atoms with Crippen LogP contribution in [0.1, 0.15) is 30.3 Å². The maximum Gasteiger partial charge on any atom is 0.267 e. The summed E-state index contributed by atoms with van der Waals surface area (Å²) >= 11 is 0. The number of H-pyrrole nitrogens is 1. The largest absolute Gasteiger partial charge is 0.350 e. The Morgan fingerprint density at radius 3 is 2.70 bits per heavy atom. The van der Waals surface area contributed by atoms with Gasteiger partial charge >= 0.3 is 0 Å². The average molecular weight is 363 g/mol. The van der Waals surface area contributed by atoms with Gasteiger partial charge in [0, 0.05) is 36.6 Å². The SMILES string of the molecule is CCN1CCC(NC(=O)c2ccc(-c3cnn(-c4ccccc4)c3)[nH]2)CC1. The van der Waals surface area contributed by atoms with Crippen molar-refractivity contribution in [1.82, 2.24) is 25.0 Å². The molecule has 27 heavy (non-hydrogen) atoms. The molecular weight excluding hydrogens is 338 g/mol. The predicted molar refractivity (Wildman–Crippen MR) is 106 cm³/mol. The van der Waals surface area contributed by atoms with Crippen LogP contribution >= 0.6 is 0 Å². The molecule has 1 aliphatic heterocycles. The Balaban J connectivity index is 1.41. The van der Waals surface area contributed by atoms with E-state index in [4.69, 9.17) is 0 Å². The summed E-state index contributed by atoms with van der Waals surface area (Å²) in [5.41, 5.74) is 3.44. The number of amides is 1. The molecule has 1 aliphatic rings. The number of likely N-dealkylation sites (tertiary alicyclic amines) is 1. The smallest absolute Gasteiger partial charge is 0.267 e. The van der Waals surface area contributed by atoms with Crippen molar-refractivity contribution < 1.29 is 4.79 Å². The van der Waals surface area contributed by atoms with Gasteiger partial charge in [0.05, 0.1) is 11.9 Å². The van der Waals surface area contributed by atoms with Gasteiger partial charge in [-0.15, -0.1) is 0 Å². The Hall–Kier alpha value is -2.86. The lowest BCUT2D eigenvalue weighted by molar-refractivity contribution is 0.0908. The number of aromatic amines is 1. The molecule has 0 aliphatic carbocycles. The third-order valence-corrected chi connectivity index (χ3v) is 5.21. The number of hydrogen-bond donors (Lipinski definition) is 2. The van der Waals surface area contributed by atoms with Crippen molar-refractivity contribution in [2.24, 2.45) is 0 Å². The second-order valence-electron chi connectivity index (χ2n) is 6.98. The van der Waals surface area contributed by atoms with Crippen LogP contribution in [0.15, 0.2) is 54.9 Å². The Labute approximate surface area is 159 Å². The molecule has 1 saturated heterocycles. The van der Waals surface area contributed by atoms with Crippen molar-refractivity contribution in [1.29, 1.82) is 0 Å². The molecule has 0 atom stereocenters. The van der Waals surface area contributed by atoms with Gasteiger partial charge in [-0.25, -0.2) is 4.68 Å². The van der Waals surface area contributed by atoms with Crippen LogP contribution in [0, 0.1) is 0 Å². The first-order chi connectivity index (χ1) is 13.2. The second-order valence-corrected chi connectivity index (χ2v) is 6.98. The minimum absolute atomic E-state index is 0.0355. The molecule has 0 spiro atoms. The highest BCUT2D eigenvalue weighted by Gasteiger charge is 2.21. The summed E-state index contributed by atoms with van der Waals surface area (Å²) in [5.74, 6) is -0.0355. The normalized spacial score (nSPS) is 15.7. The Morgan fingerprint density at radius 2 is 1.96 bits per heavy atom. The first-order valence-electron chi connectivity index (χ1n) is 9.55. The quantitative estimate of drug-likeness (QED) is 0.732. The van der Waals surface area contributed by atoms with E-state index in [1.807, 2.05) is 53.3 Å². The van der Waals surface area contributed by atoms with Crippen LogP contribution in [0.3, 0.4) is 0 Å². The molecule has 140 valence electrons. The van der Waals surface area contributed by atoms with Crippen LogP contribution in [0.4, 0.5) is 0 Å². The average Bonchev–Trinajstić information content (AvgIpc) is 3.39. The number of benzene rings is 1. The number of carbonyl (C=O) groups excluding carboxylic acids is 1. The van der Waals surface area contributed by atoms with Crippen LogP contribution in [0.5, 0.6) is 0 Å². The first-order valence-corrected chi connectivity index (χ1v) is 9.55. The highest BCUT2D eigenvalue weighted by atomic mass is 16.1. The van der Waals surface area contributed by atoms with Gasteiger partial charge in [0.25, 0.3) is 5.91 Å². The van der Waals surface area contributed by atoms with E-state index in [1.165, 1.54) is 0 Å². The number of nitrogens with zero attached hydrogens (tertiary/aromatic N) is 3. The summed E-state index contributed by atoms with van der Waals surface area (Å²) in [6.45, 7) is 5.36. The van der Waals surface area contributed by atoms with Crippen molar-refractivity contribution in [3.63, 3.8) is 0 Å². The van der Waals surface area contributed by atoms with Gasteiger partial charge < -0.3 is 15.2 Å². The molecule has 0 unspecified atom stereocenters. The van der Waals surface area contributed by atoms with E-state index in [9.17, 15) is 4.79 Å². The third-order valence-electron chi connectivity index (χ3n) is 5.21. The molecule has 3 heterocycles. The Morgan fingerprint density at radius 1 is 1.19 bits per heavy atom. The van der Waals surface area contributed by atoms with E-state index in [1.54, 1.807) is 6.20 Å².